The molecule has 0 radical (unpaired) electrons. The number of anilines is 1. The van der Waals surface area contributed by atoms with Crippen LogP contribution in [0.2, 0.25) is 10.0 Å². The number of nitrogens with one attached hydrogen (secondary N) is 2. The van der Waals surface area contributed by atoms with Crippen molar-refractivity contribution in [1.82, 2.24) is 15.5 Å². The van der Waals surface area contributed by atoms with Gasteiger partial charge in [0.05, 0.1) is 19.8 Å². The number of hydrogen-bond acceptors (Lipinski definition) is 7. The van der Waals surface area contributed by atoms with Crippen molar-refractivity contribution in [2.24, 2.45) is 5.92 Å². The summed E-state index contributed by atoms with van der Waals surface area (Å²) < 4.78 is 10.6. The van der Waals surface area contributed by atoms with Crippen molar-refractivity contribution in [3.05, 3.63) is 28.2 Å². The molecule has 2 saturated heterocycles. The molecule has 3 N–H and O–H groups in total. The fraction of sp³-hybridized carbons (Fsp3) is 0.636. The van der Waals surface area contributed by atoms with E-state index in [0.717, 1.165) is 5.69 Å². The zero-order valence-corrected chi connectivity index (χ0v) is 20.7. The number of piperazine rings is 1. The molecule has 2 heterocycles. The molecule has 3 unspecified atom stereocenters. The second kappa shape index (κ2) is 11.2. The highest BCUT2D eigenvalue weighted by Crippen LogP contribution is 2.29. The first-order valence-electron chi connectivity index (χ1n) is 11.0. The van der Waals surface area contributed by atoms with E-state index in [1.54, 1.807) is 20.1 Å². The highest BCUT2D eigenvalue weighted by atomic mass is 35.5. The quantitative estimate of drug-likeness (QED) is 0.439. The van der Waals surface area contributed by atoms with Gasteiger partial charge >= 0.3 is 0 Å². The molecule has 3 rings (SSSR count). The Morgan fingerprint density at radius 3 is 2.55 bits per heavy atom. The predicted octanol–water partition coefficient (Wildman–Crippen LogP) is 1.45. The Morgan fingerprint density at radius 1 is 1.27 bits per heavy atom. The molecule has 11 heteroatoms. The van der Waals surface area contributed by atoms with Crippen LogP contribution in [0.15, 0.2) is 18.2 Å². The van der Waals surface area contributed by atoms with Gasteiger partial charge in [-0.05, 0) is 31.5 Å². The number of hydrogen-bond donors (Lipinski definition) is 3. The molecule has 2 fully saturated rings. The molecule has 2 amide bonds. The molecule has 0 aliphatic carbocycles. The third-order valence-electron chi connectivity index (χ3n) is 6.09. The monoisotopic (exact) mass is 502 g/mol. The number of methoxy groups -OCH3 is 1. The standard InChI is InChI=1S/C22H32Cl2N4O5/c1-14(11-22(13-33-7-6-32-3)20(30)25-21(31)26-22)19(29)27-4-5-28(15(2)12-27)18-9-16(23)8-17(24)10-18/h8-10,14-15,21,26,31H,4-7,11-13H2,1-3H3,(H,25,30)/t14?,15-,21?,22?/m0/s1. The first kappa shape index (κ1) is 26.0. The van der Waals surface area contributed by atoms with Gasteiger partial charge in [0.15, 0.2) is 6.35 Å². The first-order chi connectivity index (χ1) is 15.6. The van der Waals surface area contributed by atoms with Crippen LogP contribution >= 0.6 is 23.2 Å². The number of benzene rings is 1. The average molecular weight is 503 g/mol. The van der Waals surface area contributed by atoms with Crippen LogP contribution in [-0.4, -0.2) is 86.3 Å². The lowest BCUT2D eigenvalue weighted by atomic mass is 9.87. The van der Waals surface area contributed by atoms with Crippen LogP contribution in [0.5, 0.6) is 0 Å². The van der Waals surface area contributed by atoms with Gasteiger partial charge in [-0.3, -0.25) is 14.9 Å². The molecule has 0 spiro atoms. The number of nitrogens with zero attached hydrogens (tertiary/aromatic N) is 2. The molecular formula is C22H32Cl2N4O5. The Bertz CT molecular complexity index is 840. The number of halogens is 2. The number of carbonyl (C=O) groups is 2. The number of aliphatic hydroxyl groups is 1. The third-order valence-corrected chi connectivity index (χ3v) is 6.53. The fourth-order valence-electron chi connectivity index (χ4n) is 4.50. The van der Waals surface area contributed by atoms with Crippen LogP contribution in [0.1, 0.15) is 20.3 Å². The van der Waals surface area contributed by atoms with E-state index in [2.05, 4.69) is 15.5 Å². The Labute approximate surface area is 204 Å². The van der Waals surface area contributed by atoms with Crippen molar-refractivity contribution < 1.29 is 24.2 Å². The summed E-state index contributed by atoms with van der Waals surface area (Å²) in [6.45, 7) is 6.27. The maximum absolute atomic E-state index is 13.3. The van der Waals surface area contributed by atoms with Crippen LogP contribution in [0, 0.1) is 5.92 Å². The van der Waals surface area contributed by atoms with Gasteiger partial charge in [0.1, 0.15) is 5.54 Å². The second-order valence-electron chi connectivity index (χ2n) is 8.71. The number of ether oxygens (including phenoxy) is 2. The van der Waals surface area contributed by atoms with Gasteiger partial charge in [-0.15, -0.1) is 0 Å². The maximum atomic E-state index is 13.3. The molecule has 0 saturated carbocycles. The summed E-state index contributed by atoms with van der Waals surface area (Å²) in [5.41, 5.74) is -0.263. The van der Waals surface area contributed by atoms with E-state index >= 15 is 0 Å². The number of carbonyl (C=O) groups excluding carboxylic acids is 2. The lowest BCUT2D eigenvalue weighted by Gasteiger charge is -2.42. The summed E-state index contributed by atoms with van der Waals surface area (Å²) in [4.78, 5) is 29.9. The van der Waals surface area contributed by atoms with E-state index in [1.807, 2.05) is 24.0 Å². The van der Waals surface area contributed by atoms with Crippen molar-refractivity contribution >= 4 is 40.7 Å². The molecule has 2 aliphatic rings. The van der Waals surface area contributed by atoms with Gasteiger partial charge in [0, 0.05) is 54.4 Å². The van der Waals surface area contributed by atoms with E-state index in [0.29, 0.717) is 42.9 Å². The summed E-state index contributed by atoms with van der Waals surface area (Å²) in [6, 6.07) is 5.49. The Morgan fingerprint density at radius 2 is 1.97 bits per heavy atom. The summed E-state index contributed by atoms with van der Waals surface area (Å²) in [5, 5.41) is 16.4. The molecule has 184 valence electrons. The summed E-state index contributed by atoms with van der Waals surface area (Å²) >= 11 is 12.3. The molecule has 9 nitrogen and oxygen atoms in total. The van der Waals surface area contributed by atoms with Crippen molar-refractivity contribution in [2.75, 3.05) is 51.5 Å². The van der Waals surface area contributed by atoms with Gasteiger partial charge < -0.3 is 29.7 Å². The molecule has 1 aromatic rings. The molecule has 4 atom stereocenters. The third kappa shape index (κ3) is 6.29. The topological polar surface area (TPSA) is 103 Å². The minimum atomic E-state index is -1.19. The molecule has 1 aromatic carbocycles. The Balaban J connectivity index is 1.63. The number of amides is 2. The van der Waals surface area contributed by atoms with Crippen LogP contribution in [0.4, 0.5) is 5.69 Å². The van der Waals surface area contributed by atoms with E-state index in [-0.39, 0.29) is 30.9 Å². The highest BCUT2D eigenvalue weighted by molar-refractivity contribution is 6.35. The maximum Gasteiger partial charge on any atom is 0.245 e. The average Bonchev–Trinajstić information content (AvgIpc) is 3.02. The van der Waals surface area contributed by atoms with Gasteiger partial charge in [-0.25, -0.2) is 0 Å². The van der Waals surface area contributed by atoms with Gasteiger partial charge in [0.25, 0.3) is 0 Å². The van der Waals surface area contributed by atoms with Gasteiger partial charge in [-0.1, -0.05) is 30.1 Å². The normalized spacial score (nSPS) is 26.4. The zero-order chi connectivity index (χ0) is 24.2. The summed E-state index contributed by atoms with van der Waals surface area (Å²) in [5.74, 6) is -0.889. The SMILES string of the molecule is COCCOCC1(CC(C)C(=O)N2CCN(c3cc(Cl)cc(Cl)c3)[C@@H](C)C2)NC(O)NC1=O. The van der Waals surface area contributed by atoms with Crippen LogP contribution in [0.3, 0.4) is 0 Å². The van der Waals surface area contributed by atoms with Crippen molar-refractivity contribution in [3.63, 3.8) is 0 Å². The number of rotatable bonds is 9. The fourth-order valence-corrected chi connectivity index (χ4v) is 5.01. The summed E-state index contributed by atoms with van der Waals surface area (Å²) in [6.07, 6.45) is -0.987. The molecule has 33 heavy (non-hydrogen) atoms. The molecule has 2 aliphatic heterocycles. The highest BCUT2D eigenvalue weighted by Gasteiger charge is 2.48. The van der Waals surface area contributed by atoms with Crippen LogP contribution in [0.25, 0.3) is 0 Å². The van der Waals surface area contributed by atoms with E-state index in [9.17, 15) is 14.7 Å². The molecular weight excluding hydrogens is 471 g/mol. The number of aliphatic hydroxyl groups excluding tert-OH is 1. The Hall–Kier alpha value is -1.62. The van der Waals surface area contributed by atoms with Gasteiger partial charge in [0.2, 0.25) is 11.8 Å². The second-order valence-corrected chi connectivity index (χ2v) is 9.58. The summed E-state index contributed by atoms with van der Waals surface area (Å²) in [7, 11) is 1.56. The Kier molecular flexibility index (Phi) is 8.82. The van der Waals surface area contributed by atoms with Gasteiger partial charge in [-0.2, -0.15) is 0 Å². The van der Waals surface area contributed by atoms with Crippen LogP contribution < -0.4 is 15.5 Å². The minimum Gasteiger partial charge on any atom is -0.382 e. The lowest BCUT2D eigenvalue weighted by molar-refractivity contribution is -0.138. The smallest absolute Gasteiger partial charge is 0.245 e. The van der Waals surface area contributed by atoms with Crippen molar-refractivity contribution in [1.29, 1.82) is 0 Å². The lowest BCUT2D eigenvalue weighted by Crippen LogP contribution is -2.57. The van der Waals surface area contributed by atoms with Crippen molar-refractivity contribution in [3.8, 4) is 0 Å². The van der Waals surface area contributed by atoms with Crippen molar-refractivity contribution in [2.45, 2.75) is 38.2 Å². The minimum absolute atomic E-state index is 0.0244. The van der Waals surface area contributed by atoms with E-state index in [1.165, 1.54) is 0 Å². The predicted molar refractivity (Wildman–Crippen MR) is 126 cm³/mol. The molecule has 0 aromatic heterocycles. The van der Waals surface area contributed by atoms with Crippen LogP contribution in [-0.2, 0) is 19.1 Å². The largest absolute Gasteiger partial charge is 0.382 e. The first-order valence-corrected chi connectivity index (χ1v) is 11.8. The van der Waals surface area contributed by atoms with E-state index < -0.39 is 17.8 Å². The zero-order valence-electron chi connectivity index (χ0n) is 19.1. The van der Waals surface area contributed by atoms with E-state index in [4.69, 9.17) is 32.7 Å². The molecule has 0 bridgehead atoms.